The summed E-state index contributed by atoms with van der Waals surface area (Å²) in [6, 6.07) is 1.50. The van der Waals surface area contributed by atoms with Crippen molar-refractivity contribution in [3.05, 3.63) is 28.5 Å². The molecule has 0 radical (unpaired) electrons. The van der Waals surface area contributed by atoms with E-state index in [1.54, 1.807) is 18.5 Å². The number of aromatic nitrogens is 1. The monoisotopic (exact) mass is 258 g/mol. The number of carboxylic acid groups (broad SMARTS) is 1. The van der Waals surface area contributed by atoms with E-state index in [1.165, 1.54) is 0 Å². The molecule has 14 heavy (non-hydrogen) atoms. The molecule has 1 unspecified atom stereocenters. The molecule has 1 aromatic rings. The smallest absolute Gasteiger partial charge is 0.303 e. The van der Waals surface area contributed by atoms with Gasteiger partial charge in [0.2, 0.25) is 0 Å². The third-order valence-corrected chi connectivity index (χ3v) is 2.59. The van der Waals surface area contributed by atoms with E-state index in [2.05, 4.69) is 20.9 Å². The Hall–Kier alpha value is -0.940. The summed E-state index contributed by atoms with van der Waals surface area (Å²) in [6.45, 7) is 0. The summed E-state index contributed by atoms with van der Waals surface area (Å²) < 4.78 is 0.866. The van der Waals surface area contributed by atoms with E-state index in [-0.39, 0.29) is 12.5 Å². The maximum Gasteiger partial charge on any atom is 0.303 e. The van der Waals surface area contributed by atoms with Crippen LogP contribution in [0.5, 0.6) is 0 Å². The molecule has 1 atom stereocenters. The number of nitrogens with two attached hydrogens (primary N) is 1. The third kappa shape index (κ3) is 3.08. The normalized spacial score (nSPS) is 12.4. The molecule has 76 valence electrons. The van der Waals surface area contributed by atoms with E-state index in [0.29, 0.717) is 6.42 Å². The van der Waals surface area contributed by atoms with Gasteiger partial charge >= 0.3 is 5.97 Å². The van der Waals surface area contributed by atoms with Crippen molar-refractivity contribution in [1.82, 2.24) is 4.98 Å². The summed E-state index contributed by atoms with van der Waals surface area (Å²) in [7, 11) is 0. The van der Waals surface area contributed by atoms with Gasteiger partial charge in [-0.2, -0.15) is 0 Å². The molecule has 0 aliphatic rings. The maximum absolute atomic E-state index is 10.3. The second-order valence-corrected chi connectivity index (χ2v) is 3.79. The van der Waals surface area contributed by atoms with Crippen molar-refractivity contribution < 1.29 is 9.90 Å². The average molecular weight is 259 g/mol. The molecule has 1 aromatic heterocycles. The van der Waals surface area contributed by atoms with Crippen LogP contribution >= 0.6 is 15.9 Å². The van der Waals surface area contributed by atoms with Crippen molar-refractivity contribution in [2.24, 2.45) is 5.73 Å². The Morgan fingerprint density at radius 3 is 3.00 bits per heavy atom. The number of hydrogen-bond acceptors (Lipinski definition) is 3. The average Bonchev–Trinajstić information content (AvgIpc) is 2.15. The Kier molecular flexibility index (Phi) is 4.03. The third-order valence-electron chi connectivity index (χ3n) is 1.87. The molecule has 3 N–H and O–H groups in total. The summed E-state index contributed by atoms with van der Waals surface area (Å²) in [6.07, 6.45) is 3.79. The van der Waals surface area contributed by atoms with Crippen molar-refractivity contribution in [2.75, 3.05) is 0 Å². The number of carbonyl (C=O) groups is 1. The highest BCUT2D eigenvalue weighted by molar-refractivity contribution is 9.10. The van der Waals surface area contributed by atoms with Crippen LogP contribution in [0.2, 0.25) is 0 Å². The summed E-state index contributed by atoms with van der Waals surface area (Å²) in [4.78, 5) is 14.3. The summed E-state index contributed by atoms with van der Waals surface area (Å²) in [5, 5.41) is 8.50. The summed E-state index contributed by atoms with van der Waals surface area (Å²) >= 11 is 3.34. The van der Waals surface area contributed by atoms with E-state index >= 15 is 0 Å². The summed E-state index contributed by atoms with van der Waals surface area (Å²) in [5.41, 5.74) is 6.65. The Bertz CT molecular complexity index is 330. The minimum Gasteiger partial charge on any atom is -0.481 e. The standard InChI is InChI=1S/C9H11BrN2O2/c10-7-3-4-12-5-6(7)8(11)1-2-9(13)14/h3-5,8H,1-2,11H2,(H,13,14). The molecular weight excluding hydrogens is 248 g/mol. The van der Waals surface area contributed by atoms with Crippen LogP contribution in [0.15, 0.2) is 22.9 Å². The van der Waals surface area contributed by atoms with E-state index in [9.17, 15) is 4.79 Å². The first-order valence-electron chi connectivity index (χ1n) is 4.18. The Balaban J connectivity index is 2.65. The Morgan fingerprint density at radius 1 is 1.71 bits per heavy atom. The SMILES string of the molecule is NC(CCC(=O)O)c1cnccc1Br. The first-order valence-corrected chi connectivity index (χ1v) is 4.97. The predicted octanol–water partition coefficient (Wildman–Crippen LogP) is 1.71. The van der Waals surface area contributed by atoms with Crippen LogP contribution in [-0.2, 0) is 4.79 Å². The number of pyridine rings is 1. The van der Waals surface area contributed by atoms with Gasteiger partial charge in [-0.05, 0) is 12.5 Å². The van der Waals surface area contributed by atoms with Gasteiger partial charge in [-0.1, -0.05) is 15.9 Å². The molecule has 0 aliphatic heterocycles. The van der Waals surface area contributed by atoms with Gasteiger partial charge in [0, 0.05) is 34.9 Å². The molecule has 0 bridgehead atoms. The van der Waals surface area contributed by atoms with Crippen LogP contribution in [0.3, 0.4) is 0 Å². The molecule has 0 spiro atoms. The summed E-state index contributed by atoms with van der Waals surface area (Å²) in [5.74, 6) is -0.833. The number of carboxylic acids is 1. The first kappa shape index (κ1) is 11.1. The minimum atomic E-state index is -0.833. The van der Waals surface area contributed by atoms with Gasteiger partial charge < -0.3 is 10.8 Å². The molecule has 0 fully saturated rings. The highest BCUT2D eigenvalue weighted by atomic mass is 79.9. The number of aliphatic carboxylic acids is 1. The number of hydrogen-bond donors (Lipinski definition) is 2. The fourth-order valence-electron chi connectivity index (χ4n) is 1.10. The van der Waals surface area contributed by atoms with E-state index in [4.69, 9.17) is 10.8 Å². The van der Waals surface area contributed by atoms with Crippen LogP contribution in [0.25, 0.3) is 0 Å². The van der Waals surface area contributed by atoms with Gasteiger partial charge in [0.05, 0.1) is 0 Å². The van der Waals surface area contributed by atoms with Crippen molar-refractivity contribution in [1.29, 1.82) is 0 Å². The maximum atomic E-state index is 10.3. The van der Waals surface area contributed by atoms with Gasteiger partial charge in [-0.15, -0.1) is 0 Å². The van der Waals surface area contributed by atoms with Crippen LogP contribution in [0, 0.1) is 0 Å². The molecule has 0 saturated heterocycles. The topological polar surface area (TPSA) is 76.2 Å². The lowest BCUT2D eigenvalue weighted by molar-refractivity contribution is -0.137. The van der Waals surface area contributed by atoms with Crippen LogP contribution in [-0.4, -0.2) is 16.1 Å². The molecule has 1 rings (SSSR count). The minimum absolute atomic E-state index is 0.0719. The van der Waals surface area contributed by atoms with E-state index in [0.717, 1.165) is 10.0 Å². The molecule has 0 amide bonds. The molecule has 5 heteroatoms. The zero-order valence-electron chi connectivity index (χ0n) is 7.48. The lowest BCUT2D eigenvalue weighted by Crippen LogP contribution is -2.13. The fourth-order valence-corrected chi connectivity index (χ4v) is 1.61. The largest absolute Gasteiger partial charge is 0.481 e. The van der Waals surface area contributed by atoms with Crippen molar-refractivity contribution >= 4 is 21.9 Å². The molecule has 0 aromatic carbocycles. The number of halogens is 1. The molecule has 0 saturated carbocycles. The van der Waals surface area contributed by atoms with Crippen molar-refractivity contribution in [3.8, 4) is 0 Å². The first-order chi connectivity index (χ1) is 6.61. The second-order valence-electron chi connectivity index (χ2n) is 2.94. The number of nitrogens with zero attached hydrogens (tertiary/aromatic N) is 1. The molecule has 1 heterocycles. The highest BCUT2D eigenvalue weighted by Crippen LogP contribution is 2.23. The molecule has 0 aliphatic carbocycles. The van der Waals surface area contributed by atoms with Gasteiger partial charge in [-0.25, -0.2) is 0 Å². The number of rotatable bonds is 4. The van der Waals surface area contributed by atoms with Crippen LogP contribution in [0.4, 0.5) is 0 Å². The second kappa shape index (κ2) is 5.07. The zero-order valence-corrected chi connectivity index (χ0v) is 9.07. The fraction of sp³-hybridized carbons (Fsp3) is 0.333. The van der Waals surface area contributed by atoms with Gasteiger partial charge in [0.25, 0.3) is 0 Å². The van der Waals surface area contributed by atoms with E-state index in [1.807, 2.05) is 0 Å². The van der Waals surface area contributed by atoms with Gasteiger partial charge in [0.15, 0.2) is 0 Å². The van der Waals surface area contributed by atoms with Crippen molar-refractivity contribution in [3.63, 3.8) is 0 Å². The highest BCUT2D eigenvalue weighted by Gasteiger charge is 2.11. The van der Waals surface area contributed by atoms with Crippen LogP contribution < -0.4 is 5.73 Å². The molecular formula is C9H11BrN2O2. The predicted molar refractivity (Wildman–Crippen MR) is 55.7 cm³/mol. The van der Waals surface area contributed by atoms with Crippen molar-refractivity contribution in [2.45, 2.75) is 18.9 Å². The Morgan fingerprint density at radius 2 is 2.43 bits per heavy atom. The zero-order chi connectivity index (χ0) is 10.6. The van der Waals surface area contributed by atoms with Gasteiger partial charge in [0.1, 0.15) is 0 Å². The quantitative estimate of drug-likeness (QED) is 0.862. The molecule has 4 nitrogen and oxygen atoms in total. The lowest BCUT2D eigenvalue weighted by atomic mass is 10.1. The Labute approximate surface area is 90.3 Å². The van der Waals surface area contributed by atoms with E-state index < -0.39 is 5.97 Å². The lowest BCUT2D eigenvalue weighted by Gasteiger charge is -2.11. The van der Waals surface area contributed by atoms with Crippen LogP contribution in [0.1, 0.15) is 24.4 Å². The van der Waals surface area contributed by atoms with Gasteiger partial charge in [-0.3, -0.25) is 9.78 Å².